The van der Waals surface area contributed by atoms with Gasteiger partial charge in [0.15, 0.2) is 0 Å². The lowest BCUT2D eigenvalue weighted by molar-refractivity contribution is -0.141. The highest BCUT2D eigenvalue weighted by Gasteiger charge is 2.45. The average Bonchev–Trinajstić information content (AvgIpc) is 3.13. The Labute approximate surface area is 112 Å². The number of esters is 1. The van der Waals surface area contributed by atoms with Crippen molar-refractivity contribution in [1.82, 2.24) is 5.43 Å². The first-order chi connectivity index (χ1) is 8.56. The van der Waals surface area contributed by atoms with Crippen LogP contribution in [-0.2, 0) is 14.3 Å². The van der Waals surface area contributed by atoms with E-state index in [1.54, 1.807) is 11.8 Å². The molecule has 0 aromatic rings. The van der Waals surface area contributed by atoms with Crippen LogP contribution >= 0.6 is 11.8 Å². The summed E-state index contributed by atoms with van der Waals surface area (Å²) >= 11 is 1.60. The highest BCUT2D eigenvalue weighted by atomic mass is 32.2. The van der Waals surface area contributed by atoms with Crippen LogP contribution in [0.25, 0.3) is 0 Å². The van der Waals surface area contributed by atoms with E-state index < -0.39 is 0 Å². The first kappa shape index (κ1) is 15.3. The first-order valence-corrected chi connectivity index (χ1v) is 7.30. The number of rotatable bonds is 8. The lowest BCUT2D eigenvalue weighted by Crippen LogP contribution is -2.38. The Hall–Kier alpha value is -0.750. The van der Waals surface area contributed by atoms with Crippen molar-refractivity contribution in [2.75, 3.05) is 12.9 Å². The van der Waals surface area contributed by atoms with Crippen LogP contribution < -0.4 is 11.3 Å². The van der Waals surface area contributed by atoms with Crippen LogP contribution in [-0.4, -0.2) is 30.0 Å². The lowest BCUT2D eigenvalue weighted by atomic mass is 10.1. The van der Waals surface area contributed by atoms with Crippen molar-refractivity contribution in [3.05, 3.63) is 0 Å². The van der Waals surface area contributed by atoms with E-state index in [1.807, 2.05) is 6.92 Å². The second-order valence-electron chi connectivity index (χ2n) is 4.85. The molecule has 6 heteroatoms. The monoisotopic (exact) mass is 274 g/mol. The van der Waals surface area contributed by atoms with E-state index in [4.69, 9.17) is 10.6 Å². The zero-order valence-electron chi connectivity index (χ0n) is 11.0. The summed E-state index contributed by atoms with van der Waals surface area (Å²) in [6.07, 6.45) is 4.28. The summed E-state index contributed by atoms with van der Waals surface area (Å²) < 4.78 is 4.70. The summed E-state index contributed by atoms with van der Waals surface area (Å²) in [4.78, 5) is 22.9. The maximum Gasteiger partial charge on any atom is 0.306 e. The number of hydrazine groups is 1. The van der Waals surface area contributed by atoms with E-state index in [1.165, 1.54) is 7.11 Å². The fraction of sp³-hybridized carbons (Fsp3) is 0.833. The predicted octanol–water partition coefficient (Wildman–Crippen LogP) is 1.22. The van der Waals surface area contributed by atoms with Gasteiger partial charge in [-0.05, 0) is 24.7 Å². The fourth-order valence-corrected chi connectivity index (χ4v) is 3.42. The molecule has 0 saturated heterocycles. The molecule has 1 rings (SSSR count). The maximum absolute atomic E-state index is 11.6. The zero-order chi connectivity index (χ0) is 13.6. The zero-order valence-corrected chi connectivity index (χ0v) is 11.8. The summed E-state index contributed by atoms with van der Waals surface area (Å²) in [6, 6.07) is 0. The van der Waals surface area contributed by atoms with Gasteiger partial charge in [0.1, 0.15) is 0 Å². The minimum absolute atomic E-state index is 0.0542. The molecule has 0 aromatic carbocycles. The second-order valence-corrected chi connectivity index (χ2v) is 6.04. The number of nitrogens with two attached hydrogens (primary N) is 1. The van der Waals surface area contributed by atoms with E-state index in [-0.39, 0.29) is 22.5 Å². The molecule has 1 unspecified atom stereocenters. The van der Waals surface area contributed by atoms with Gasteiger partial charge < -0.3 is 4.74 Å². The number of amides is 1. The molecule has 0 aromatic heterocycles. The smallest absolute Gasteiger partial charge is 0.306 e. The van der Waals surface area contributed by atoms with Gasteiger partial charge >= 0.3 is 5.97 Å². The molecular weight excluding hydrogens is 252 g/mol. The average molecular weight is 274 g/mol. The van der Waals surface area contributed by atoms with Gasteiger partial charge in [-0.2, -0.15) is 0 Å². The van der Waals surface area contributed by atoms with E-state index in [0.717, 1.165) is 31.4 Å². The van der Waals surface area contributed by atoms with Gasteiger partial charge in [-0.25, -0.2) is 5.84 Å². The van der Waals surface area contributed by atoms with Crippen LogP contribution in [0, 0.1) is 5.41 Å². The molecule has 104 valence electrons. The summed E-state index contributed by atoms with van der Waals surface area (Å²) in [5.41, 5.74) is 2.26. The third kappa shape index (κ3) is 4.49. The van der Waals surface area contributed by atoms with E-state index >= 15 is 0 Å². The summed E-state index contributed by atoms with van der Waals surface area (Å²) in [7, 11) is 1.41. The molecule has 0 spiro atoms. The molecule has 0 aliphatic heterocycles. The number of hydrogen-bond donors (Lipinski definition) is 2. The van der Waals surface area contributed by atoms with E-state index in [9.17, 15) is 9.59 Å². The van der Waals surface area contributed by atoms with Crippen molar-refractivity contribution in [2.24, 2.45) is 11.3 Å². The number of ether oxygens (including phenoxy) is 1. The fourth-order valence-electron chi connectivity index (χ4n) is 1.85. The Morgan fingerprint density at radius 3 is 2.61 bits per heavy atom. The van der Waals surface area contributed by atoms with Crippen LogP contribution in [0.2, 0.25) is 0 Å². The largest absolute Gasteiger partial charge is 0.469 e. The molecule has 1 amide bonds. The van der Waals surface area contributed by atoms with Crippen molar-refractivity contribution in [2.45, 2.75) is 44.3 Å². The molecule has 5 nitrogen and oxygen atoms in total. The molecule has 3 N–H and O–H groups in total. The van der Waals surface area contributed by atoms with Crippen molar-refractivity contribution in [3.63, 3.8) is 0 Å². The minimum Gasteiger partial charge on any atom is -0.469 e. The molecule has 1 aliphatic carbocycles. The Morgan fingerprint density at radius 2 is 2.17 bits per heavy atom. The molecule has 1 saturated carbocycles. The van der Waals surface area contributed by atoms with Gasteiger partial charge in [0, 0.05) is 5.75 Å². The van der Waals surface area contributed by atoms with Crippen molar-refractivity contribution < 1.29 is 14.3 Å². The number of carbonyl (C=O) groups is 2. The number of carbonyl (C=O) groups excluding carboxylic acids is 2. The normalized spacial score (nSPS) is 17.9. The predicted molar refractivity (Wildman–Crippen MR) is 71.8 cm³/mol. The third-order valence-corrected chi connectivity index (χ3v) is 4.91. The quantitative estimate of drug-likeness (QED) is 0.301. The second kappa shape index (κ2) is 6.99. The Kier molecular flexibility index (Phi) is 5.95. The third-order valence-electron chi connectivity index (χ3n) is 3.28. The number of thioether (sulfide) groups is 1. The Balaban J connectivity index is 2.42. The lowest BCUT2D eigenvalue weighted by Gasteiger charge is -2.18. The maximum atomic E-state index is 11.6. The van der Waals surface area contributed by atoms with Crippen LogP contribution in [0.3, 0.4) is 0 Å². The van der Waals surface area contributed by atoms with Gasteiger partial charge in [0.05, 0.1) is 18.8 Å². The molecule has 0 bridgehead atoms. The van der Waals surface area contributed by atoms with E-state index in [2.05, 4.69) is 5.43 Å². The van der Waals surface area contributed by atoms with Gasteiger partial charge in [-0.1, -0.05) is 13.3 Å². The van der Waals surface area contributed by atoms with Gasteiger partial charge in [0.2, 0.25) is 5.91 Å². The summed E-state index contributed by atoms with van der Waals surface area (Å²) in [5, 5.41) is -0.116. The van der Waals surface area contributed by atoms with Crippen molar-refractivity contribution in [3.8, 4) is 0 Å². The molecule has 1 aliphatic rings. The standard InChI is InChI=1S/C12H22N2O3S/c1-3-4-9(11(16)14-13)18-8-12(5-6-12)7-10(15)17-2/h9H,3-8,13H2,1-2H3,(H,14,16). The summed E-state index contributed by atoms with van der Waals surface area (Å²) in [6.45, 7) is 2.04. The molecule has 0 radical (unpaired) electrons. The Morgan fingerprint density at radius 1 is 1.50 bits per heavy atom. The van der Waals surface area contributed by atoms with Crippen molar-refractivity contribution >= 4 is 23.6 Å². The SMILES string of the molecule is CCCC(SCC1(CC(=O)OC)CC1)C(=O)NN. The van der Waals surface area contributed by atoms with Crippen LogP contribution in [0.1, 0.15) is 39.0 Å². The van der Waals surface area contributed by atoms with Gasteiger partial charge in [-0.15, -0.1) is 11.8 Å². The van der Waals surface area contributed by atoms with Crippen LogP contribution in [0.5, 0.6) is 0 Å². The highest BCUT2D eigenvalue weighted by Crippen LogP contribution is 2.51. The molecule has 1 atom stereocenters. The Bertz CT molecular complexity index is 306. The first-order valence-electron chi connectivity index (χ1n) is 6.26. The molecule has 1 fully saturated rings. The summed E-state index contributed by atoms with van der Waals surface area (Å²) in [5.74, 6) is 5.70. The topological polar surface area (TPSA) is 81.4 Å². The minimum atomic E-state index is -0.164. The van der Waals surface area contributed by atoms with Crippen LogP contribution in [0.15, 0.2) is 0 Å². The molecule has 0 heterocycles. The number of hydrogen-bond acceptors (Lipinski definition) is 5. The number of methoxy groups -OCH3 is 1. The van der Waals surface area contributed by atoms with E-state index in [0.29, 0.717) is 6.42 Å². The molecule has 18 heavy (non-hydrogen) atoms. The van der Waals surface area contributed by atoms with Crippen LogP contribution in [0.4, 0.5) is 0 Å². The van der Waals surface area contributed by atoms with Gasteiger partial charge in [0.25, 0.3) is 0 Å². The highest BCUT2D eigenvalue weighted by molar-refractivity contribution is 8.00. The molecular formula is C12H22N2O3S. The number of nitrogens with one attached hydrogen (secondary N) is 1. The van der Waals surface area contributed by atoms with Gasteiger partial charge in [-0.3, -0.25) is 15.0 Å². The van der Waals surface area contributed by atoms with Crippen molar-refractivity contribution in [1.29, 1.82) is 0 Å².